The Morgan fingerprint density at radius 3 is 1.86 bits per heavy atom. The molecule has 0 aliphatic carbocycles. The van der Waals surface area contributed by atoms with Crippen molar-refractivity contribution < 1.29 is 30.3 Å². The van der Waals surface area contributed by atoms with Gasteiger partial charge < -0.3 is 25.5 Å². The fourth-order valence-electron chi connectivity index (χ4n) is 1.79. The van der Waals surface area contributed by atoms with Crippen molar-refractivity contribution in [3.05, 3.63) is 59.4 Å². The van der Waals surface area contributed by atoms with Crippen molar-refractivity contribution in [2.75, 3.05) is 0 Å². The van der Waals surface area contributed by atoms with Crippen molar-refractivity contribution in [2.24, 2.45) is 0 Å². The number of Topliss-reactive ketones (excluding diaryl/α,β-unsaturated/α-hetero) is 1. The monoisotopic (exact) mass is 288 g/mol. The second-order valence-electron chi connectivity index (χ2n) is 4.21. The van der Waals surface area contributed by atoms with Crippen LogP contribution in [0.25, 0.3) is 5.76 Å². The van der Waals surface area contributed by atoms with E-state index >= 15 is 0 Å². The summed E-state index contributed by atoms with van der Waals surface area (Å²) in [5.74, 6) is -4.57. The predicted molar refractivity (Wildman–Crippen MR) is 74.4 cm³/mol. The zero-order chi connectivity index (χ0) is 15.6. The van der Waals surface area contributed by atoms with Crippen LogP contribution in [0.1, 0.15) is 15.9 Å². The topological polar surface area (TPSA) is 118 Å². The number of hydrogen-bond acceptors (Lipinski definition) is 6. The summed E-state index contributed by atoms with van der Waals surface area (Å²) in [6, 6.07) is 9.15. The maximum Gasteiger partial charge on any atom is 0.238 e. The molecule has 5 N–H and O–H groups in total. The third kappa shape index (κ3) is 2.59. The average Bonchev–Trinajstić information content (AvgIpc) is 2.46. The Morgan fingerprint density at radius 2 is 1.29 bits per heavy atom. The highest BCUT2D eigenvalue weighted by Gasteiger charge is 2.24. The molecule has 0 aliphatic rings. The predicted octanol–water partition coefficient (Wildman–Crippen LogP) is 2.47. The van der Waals surface area contributed by atoms with E-state index < -0.39 is 34.4 Å². The normalized spacial score (nSPS) is 11.8. The van der Waals surface area contributed by atoms with Crippen molar-refractivity contribution >= 4 is 11.5 Å². The number of carbonyl (C=O) groups excluding carboxylic acids is 1. The summed E-state index contributed by atoms with van der Waals surface area (Å²) in [5, 5.41) is 48.4. The number of ketones is 1. The number of benzene rings is 2. The Bertz CT molecular complexity index is 712. The van der Waals surface area contributed by atoms with Crippen LogP contribution in [0, 0.1) is 0 Å². The van der Waals surface area contributed by atoms with Gasteiger partial charge in [-0.2, -0.15) is 0 Å². The molecule has 0 atom stereocenters. The first-order valence-corrected chi connectivity index (χ1v) is 5.89. The lowest BCUT2D eigenvalue weighted by Gasteiger charge is -2.08. The largest absolute Gasteiger partial charge is 0.507 e. The van der Waals surface area contributed by atoms with E-state index in [0.29, 0.717) is 0 Å². The first kappa shape index (κ1) is 14.3. The number of aromatic hydroxyl groups is 3. The quantitative estimate of drug-likeness (QED) is 0.336. The molecular weight excluding hydrogens is 276 g/mol. The van der Waals surface area contributed by atoms with E-state index in [0.717, 1.165) is 12.1 Å². The van der Waals surface area contributed by atoms with Crippen LogP contribution < -0.4 is 0 Å². The number of carbonyl (C=O) groups is 1. The van der Waals surface area contributed by atoms with E-state index in [2.05, 4.69) is 0 Å². The molecule has 6 heteroatoms. The van der Waals surface area contributed by atoms with Gasteiger partial charge in [0, 0.05) is 0 Å². The lowest BCUT2D eigenvalue weighted by atomic mass is 10.0. The molecule has 21 heavy (non-hydrogen) atoms. The molecule has 0 heterocycles. The van der Waals surface area contributed by atoms with Gasteiger partial charge in [0.1, 0.15) is 22.8 Å². The van der Waals surface area contributed by atoms with Gasteiger partial charge in [0.05, 0.1) is 5.56 Å². The van der Waals surface area contributed by atoms with Crippen molar-refractivity contribution in [1.29, 1.82) is 0 Å². The summed E-state index contributed by atoms with van der Waals surface area (Å²) in [6.45, 7) is 0. The third-order valence-electron chi connectivity index (χ3n) is 2.85. The lowest BCUT2D eigenvalue weighted by molar-refractivity contribution is 0.0969. The summed E-state index contributed by atoms with van der Waals surface area (Å²) in [6.07, 6.45) is 0. The van der Waals surface area contributed by atoms with E-state index in [1.807, 2.05) is 0 Å². The van der Waals surface area contributed by atoms with Gasteiger partial charge in [-0.3, -0.25) is 4.79 Å². The molecule has 0 radical (unpaired) electrons. The Labute approximate surface area is 119 Å². The number of para-hydroxylation sites is 1. The number of allylic oxidation sites excluding steroid dienone is 1. The average molecular weight is 288 g/mol. The Morgan fingerprint density at radius 1 is 0.762 bits per heavy atom. The number of phenolic OH excluding ortho intramolecular Hbond substituents is 3. The summed E-state index contributed by atoms with van der Waals surface area (Å²) in [7, 11) is 0. The van der Waals surface area contributed by atoms with Gasteiger partial charge >= 0.3 is 0 Å². The summed E-state index contributed by atoms with van der Waals surface area (Å²) in [5.41, 5.74) is -0.699. The Balaban J connectivity index is 2.53. The van der Waals surface area contributed by atoms with Crippen LogP contribution in [-0.2, 0) is 0 Å². The van der Waals surface area contributed by atoms with Crippen LogP contribution in [0.4, 0.5) is 0 Å². The standard InChI is InChI=1S/C15H12O6/c16-9-5-2-1-4-8(9)13(19)15(21)14(20)12-10(17)6-3-7-11(12)18/h1-7,16-19,21H/b15-13+. The highest BCUT2D eigenvalue weighted by Crippen LogP contribution is 2.31. The highest BCUT2D eigenvalue weighted by molar-refractivity contribution is 6.13. The van der Waals surface area contributed by atoms with E-state index in [9.17, 15) is 30.3 Å². The number of phenols is 3. The van der Waals surface area contributed by atoms with Gasteiger partial charge in [-0.25, -0.2) is 0 Å². The highest BCUT2D eigenvalue weighted by atomic mass is 16.3. The minimum absolute atomic E-state index is 0.154. The molecule has 0 bridgehead atoms. The smallest absolute Gasteiger partial charge is 0.238 e. The van der Waals surface area contributed by atoms with Crippen LogP contribution in [-0.4, -0.2) is 31.3 Å². The lowest BCUT2D eigenvalue weighted by Crippen LogP contribution is -2.07. The summed E-state index contributed by atoms with van der Waals surface area (Å²) in [4.78, 5) is 12.0. The van der Waals surface area contributed by atoms with Crippen LogP contribution in [0.15, 0.2) is 48.2 Å². The van der Waals surface area contributed by atoms with Crippen LogP contribution >= 0.6 is 0 Å². The molecule has 0 fully saturated rings. The van der Waals surface area contributed by atoms with E-state index in [1.54, 1.807) is 0 Å². The molecule has 0 saturated heterocycles. The van der Waals surface area contributed by atoms with Gasteiger partial charge in [-0.05, 0) is 24.3 Å². The molecule has 108 valence electrons. The van der Waals surface area contributed by atoms with Crippen molar-refractivity contribution in [1.82, 2.24) is 0 Å². The molecule has 2 aromatic carbocycles. The van der Waals surface area contributed by atoms with Crippen molar-refractivity contribution in [3.8, 4) is 17.2 Å². The van der Waals surface area contributed by atoms with Crippen molar-refractivity contribution in [2.45, 2.75) is 0 Å². The number of hydrogen-bond donors (Lipinski definition) is 5. The molecule has 0 amide bonds. The van der Waals surface area contributed by atoms with E-state index in [4.69, 9.17) is 0 Å². The van der Waals surface area contributed by atoms with Crippen LogP contribution in [0.3, 0.4) is 0 Å². The second kappa shape index (κ2) is 5.46. The summed E-state index contributed by atoms with van der Waals surface area (Å²) < 4.78 is 0. The number of rotatable bonds is 3. The first-order valence-electron chi connectivity index (χ1n) is 5.89. The second-order valence-corrected chi connectivity index (χ2v) is 4.21. The molecular formula is C15H12O6. The van der Waals surface area contributed by atoms with E-state index in [1.165, 1.54) is 30.3 Å². The third-order valence-corrected chi connectivity index (χ3v) is 2.85. The van der Waals surface area contributed by atoms with E-state index in [-0.39, 0.29) is 11.3 Å². The minimum Gasteiger partial charge on any atom is -0.507 e. The molecule has 0 spiro atoms. The zero-order valence-electron chi connectivity index (χ0n) is 10.7. The summed E-state index contributed by atoms with van der Waals surface area (Å²) >= 11 is 0. The molecule has 2 aromatic rings. The number of aliphatic hydroxyl groups is 2. The number of aliphatic hydroxyl groups excluding tert-OH is 2. The van der Waals surface area contributed by atoms with Crippen LogP contribution in [0.2, 0.25) is 0 Å². The molecule has 0 saturated carbocycles. The SMILES string of the molecule is O=C(/C(O)=C(\O)c1ccccc1O)c1c(O)cccc1O. The van der Waals surface area contributed by atoms with Gasteiger partial charge in [-0.15, -0.1) is 0 Å². The van der Waals surface area contributed by atoms with Crippen molar-refractivity contribution in [3.63, 3.8) is 0 Å². The van der Waals surface area contributed by atoms with Gasteiger partial charge in [-0.1, -0.05) is 18.2 Å². The van der Waals surface area contributed by atoms with Gasteiger partial charge in [0.25, 0.3) is 0 Å². The first-order chi connectivity index (χ1) is 9.93. The van der Waals surface area contributed by atoms with Crippen LogP contribution in [0.5, 0.6) is 17.2 Å². The fraction of sp³-hybridized carbons (Fsp3) is 0. The molecule has 0 unspecified atom stereocenters. The van der Waals surface area contributed by atoms with Gasteiger partial charge in [0.15, 0.2) is 5.76 Å². The zero-order valence-corrected chi connectivity index (χ0v) is 10.7. The molecule has 6 nitrogen and oxygen atoms in total. The maximum atomic E-state index is 12.0. The maximum absolute atomic E-state index is 12.0. The molecule has 2 rings (SSSR count). The van der Waals surface area contributed by atoms with Gasteiger partial charge in [0.2, 0.25) is 11.5 Å². The minimum atomic E-state index is -1.17. The fourth-order valence-corrected chi connectivity index (χ4v) is 1.79. The molecule has 0 aromatic heterocycles. The molecule has 0 aliphatic heterocycles. The Hall–Kier alpha value is -3.15. The Kier molecular flexibility index (Phi) is 3.71.